The fraction of sp³-hybridized carbons (Fsp3) is 0.600. The van der Waals surface area contributed by atoms with Crippen LogP contribution in [0.25, 0.3) is 0 Å². The number of hydrogen-bond donors (Lipinski definition) is 5. The summed E-state index contributed by atoms with van der Waals surface area (Å²) in [4.78, 5) is 12.0. The molecule has 0 radical (unpaired) electrons. The second kappa shape index (κ2) is 10.6. The average molecular weight is 525 g/mol. The molecule has 1 aromatic carbocycles. The minimum absolute atomic E-state index is 0.0780. The highest BCUT2D eigenvalue weighted by Gasteiger charge is 2.58. The van der Waals surface area contributed by atoms with Gasteiger partial charge in [0, 0.05) is 24.2 Å². The topological polar surface area (TPSA) is 164 Å². The van der Waals surface area contributed by atoms with Crippen molar-refractivity contribution in [3.05, 3.63) is 46.4 Å². The van der Waals surface area contributed by atoms with E-state index >= 15 is 0 Å². The van der Waals surface area contributed by atoms with Crippen LogP contribution in [0.2, 0.25) is 0 Å². The fourth-order valence-corrected chi connectivity index (χ4v) is 4.28. The van der Waals surface area contributed by atoms with Crippen molar-refractivity contribution in [2.24, 2.45) is 5.92 Å². The second-order valence-electron chi connectivity index (χ2n) is 9.69. The van der Waals surface area contributed by atoms with Crippen LogP contribution in [0.15, 0.2) is 18.2 Å². The molecule has 0 bridgehead atoms. The van der Waals surface area contributed by atoms with Gasteiger partial charge in [-0.3, -0.25) is 4.68 Å². The first-order chi connectivity index (χ1) is 17.4. The molecule has 2 aliphatic rings. The molecule has 1 saturated heterocycles. The maximum absolute atomic E-state index is 14.2. The lowest BCUT2D eigenvalue weighted by molar-refractivity contribution is -0.426. The van der Waals surface area contributed by atoms with E-state index in [1.54, 1.807) is 30.7 Å². The van der Waals surface area contributed by atoms with Gasteiger partial charge in [0.25, 0.3) is 0 Å². The molecule has 2 aromatic rings. The standard InChI is InChI=1S/C25H33FN2O9/c1-4-35-24(33)20(31)21-18(29)19(30)22(32)25(34,36-21)37-23-16(9-15-6-5-12(2)17(26)10-15)13(3)28(27-23)11-14-7-8-14/h5-6,10,14,18-22,29-32,34H,4,7-9,11H2,1-3H3/t18-,19-,20?,21-,22+,25-/m0/s1. The maximum Gasteiger partial charge on any atom is 0.356 e. The molecular formula is C25H33FN2O9. The number of aryl methyl sites for hydroxylation is 1. The summed E-state index contributed by atoms with van der Waals surface area (Å²) in [6.45, 7) is 5.44. The minimum Gasteiger partial charge on any atom is -0.464 e. The Labute approximate surface area is 213 Å². The van der Waals surface area contributed by atoms with Crippen LogP contribution in [0, 0.1) is 25.6 Å². The Morgan fingerprint density at radius 2 is 1.97 bits per heavy atom. The van der Waals surface area contributed by atoms with E-state index in [1.165, 1.54) is 13.0 Å². The Balaban J connectivity index is 1.67. The molecule has 204 valence electrons. The van der Waals surface area contributed by atoms with E-state index in [9.17, 15) is 34.7 Å². The van der Waals surface area contributed by atoms with E-state index in [0.717, 1.165) is 12.8 Å². The van der Waals surface area contributed by atoms with Crippen molar-refractivity contribution in [2.45, 2.75) is 83.1 Å². The first-order valence-electron chi connectivity index (χ1n) is 12.2. The number of benzene rings is 1. The SMILES string of the molecule is CCOC(=O)C(O)[C@H]1O[C@](O)(Oc2nn(CC3CC3)c(C)c2Cc2ccc(C)c(F)c2)[C@H](O)[C@@H](O)[C@@H]1O. The van der Waals surface area contributed by atoms with Gasteiger partial charge < -0.3 is 39.7 Å². The normalized spacial score (nSPS) is 28.7. The van der Waals surface area contributed by atoms with Crippen molar-refractivity contribution in [1.29, 1.82) is 0 Å². The van der Waals surface area contributed by atoms with Crippen LogP contribution < -0.4 is 4.74 Å². The van der Waals surface area contributed by atoms with Gasteiger partial charge in [0.2, 0.25) is 5.88 Å². The highest BCUT2D eigenvalue weighted by atomic mass is 19.1. The number of halogens is 1. The molecule has 37 heavy (non-hydrogen) atoms. The lowest BCUT2D eigenvalue weighted by Gasteiger charge is -2.45. The smallest absolute Gasteiger partial charge is 0.356 e. The number of aliphatic hydroxyl groups is 5. The molecule has 1 aliphatic carbocycles. The molecule has 12 heteroatoms. The van der Waals surface area contributed by atoms with Crippen LogP contribution in [-0.2, 0) is 27.2 Å². The van der Waals surface area contributed by atoms with Crippen molar-refractivity contribution in [3.63, 3.8) is 0 Å². The van der Waals surface area contributed by atoms with E-state index in [-0.39, 0.29) is 24.7 Å². The lowest BCUT2D eigenvalue weighted by atomic mass is 9.94. The monoisotopic (exact) mass is 524 g/mol. The van der Waals surface area contributed by atoms with Crippen LogP contribution in [0.3, 0.4) is 0 Å². The zero-order valence-electron chi connectivity index (χ0n) is 20.9. The third-order valence-corrected chi connectivity index (χ3v) is 6.81. The van der Waals surface area contributed by atoms with E-state index < -0.39 is 42.5 Å². The first kappa shape index (κ1) is 27.4. The second-order valence-corrected chi connectivity index (χ2v) is 9.69. The summed E-state index contributed by atoms with van der Waals surface area (Å²) in [5.41, 5.74) is 2.23. The summed E-state index contributed by atoms with van der Waals surface area (Å²) in [5.74, 6) is -4.29. The zero-order chi connectivity index (χ0) is 27.1. The number of nitrogens with zero attached hydrogens (tertiary/aromatic N) is 2. The van der Waals surface area contributed by atoms with Crippen LogP contribution in [0.1, 0.15) is 42.1 Å². The number of carbonyl (C=O) groups excluding carboxylic acids is 1. The largest absolute Gasteiger partial charge is 0.464 e. The van der Waals surface area contributed by atoms with Gasteiger partial charge in [-0.05, 0) is 56.7 Å². The van der Waals surface area contributed by atoms with Crippen molar-refractivity contribution < 1.29 is 48.9 Å². The van der Waals surface area contributed by atoms with Crippen LogP contribution in [0.4, 0.5) is 4.39 Å². The Bertz CT molecular complexity index is 1140. The van der Waals surface area contributed by atoms with Gasteiger partial charge >= 0.3 is 11.9 Å². The predicted molar refractivity (Wildman–Crippen MR) is 125 cm³/mol. The molecule has 0 amide bonds. The van der Waals surface area contributed by atoms with Crippen molar-refractivity contribution in [1.82, 2.24) is 9.78 Å². The summed E-state index contributed by atoms with van der Waals surface area (Å²) in [6.07, 6.45) is -7.97. The summed E-state index contributed by atoms with van der Waals surface area (Å²) >= 11 is 0. The van der Waals surface area contributed by atoms with E-state index in [1.807, 2.05) is 0 Å². The van der Waals surface area contributed by atoms with E-state index in [0.29, 0.717) is 34.8 Å². The van der Waals surface area contributed by atoms with Crippen LogP contribution in [0.5, 0.6) is 5.88 Å². The highest BCUT2D eigenvalue weighted by molar-refractivity contribution is 5.75. The molecule has 2 heterocycles. The third kappa shape index (κ3) is 5.64. The summed E-state index contributed by atoms with van der Waals surface area (Å²) in [5, 5.41) is 57.2. The average Bonchev–Trinajstić information content (AvgIpc) is 3.63. The number of hydrogen-bond acceptors (Lipinski definition) is 10. The first-order valence-corrected chi connectivity index (χ1v) is 12.2. The molecule has 4 rings (SSSR count). The molecule has 1 unspecified atom stereocenters. The van der Waals surface area contributed by atoms with Gasteiger partial charge in [0.15, 0.2) is 12.2 Å². The number of esters is 1. The van der Waals surface area contributed by atoms with Gasteiger partial charge in [-0.25, -0.2) is 9.18 Å². The van der Waals surface area contributed by atoms with Crippen LogP contribution in [-0.4, -0.2) is 84.4 Å². The molecule has 11 nitrogen and oxygen atoms in total. The fourth-order valence-electron chi connectivity index (χ4n) is 4.28. The molecule has 1 saturated carbocycles. The van der Waals surface area contributed by atoms with Crippen molar-refractivity contribution in [2.75, 3.05) is 6.61 Å². The Morgan fingerprint density at radius 1 is 1.27 bits per heavy atom. The number of carbonyl (C=O) groups is 1. The third-order valence-electron chi connectivity index (χ3n) is 6.81. The minimum atomic E-state index is -3.00. The molecule has 6 atom stereocenters. The Kier molecular flexibility index (Phi) is 7.88. The van der Waals surface area contributed by atoms with Gasteiger partial charge in [-0.2, -0.15) is 0 Å². The summed E-state index contributed by atoms with van der Waals surface area (Å²) in [6, 6.07) is 4.76. The van der Waals surface area contributed by atoms with Gasteiger partial charge in [0.05, 0.1) is 6.61 Å². The number of rotatable bonds is 9. The van der Waals surface area contributed by atoms with Gasteiger partial charge in [-0.15, -0.1) is 5.10 Å². The number of ether oxygens (including phenoxy) is 3. The van der Waals surface area contributed by atoms with Crippen molar-refractivity contribution >= 4 is 5.97 Å². The summed E-state index contributed by atoms with van der Waals surface area (Å²) < 4.78 is 31.6. The Morgan fingerprint density at radius 3 is 2.59 bits per heavy atom. The maximum atomic E-state index is 14.2. The molecule has 0 spiro atoms. The zero-order valence-corrected chi connectivity index (χ0v) is 20.9. The quantitative estimate of drug-likeness (QED) is 0.224. The Hall–Kier alpha value is -2.61. The van der Waals surface area contributed by atoms with Gasteiger partial charge in [-0.1, -0.05) is 12.1 Å². The highest BCUT2D eigenvalue weighted by Crippen LogP contribution is 2.37. The van der Waals surface area contributed by atoms with E-state index in [4.69, 9.17) is 14.2 Å². The molecule has 1 aromatic heterocycles. The van der Waals surface area contributed by atoms with E-state index in [2.05, 4.69) is 5.10 Å². The predicted octanol–water partition coefficient (Wildman–Crippen LogP) is 0.0702. The lowest BCUT2D eigenvalue weighted by Crippen LogP contribution is -2.69. The summed E-state index contributed by atoms with van der Waals surface area (Å²) in [7, 11) is 0. The van der Waals surface area contributed by atoms with Crippen molar-refractivity contribution in [3.8, 4) is 5.88 Å². The molecule has 1 aliphatic heterocycles. The molecule has 5 N–H and O–H groups in total. The molecular weight excluding hydrogens is 491 g/mol. The van der Waals surface area contributed by atoms with Gasteiger partial charge in [0.1, 0.15) is 24.1 Å². The number of aromatic nitrogens is 2. The molecule has 2 fully saturated rings. The van der Waals surface area contributed by atoms with Crippen LogP contribution >= 0.6 is 0 Å². The number of aliphatic hydroxyl groups excluding tert-OH is 4.